The van der Waals surface area contributed by atoms with Crippen LogP contribution in [0.3, 0.4) is 0 Å². The van der Waals surface area contributed by atoms with Crippen molar-refractivity contribution in [2.24, 2.45) is 9.98 Å². The monoisotopic (exact) mass is 188 g/mol. The number of hydrogen-bond donors (Lipinski definition) is 0. The van der Waals surface area contributed by atoms with E-state index in [-0.39, 0.29) is 14.9 Å². The summed E-state index contributed by atoms with van der Waals surface area (Å²) in [6.07, 6.45) is 2.32. The predicted octanol–water partition coefficient (Wildman–Crippen LogP) is 0.431. The summed E-state index contributed by atoms with van der Waals surface area (Å²) >= 11 is 0. The maximum atomic E-state index is 10.4. The molecule has 0 aliphatic heterocycles. The number of hydrogen-bond acceptors (Lipinski definition) is 6. The average Bonchev–Trinajstić information content (AvgIpc) is 2.01. The van der Waals surface area contributed by atoms with Crippen LogP contribution in [-0.4, -0.2) is 31.4 Å². The van der Waals surface area contributed by atoms with Crippen molar-refractivity contribution in [2.45, 2.75) is 14.9 Å². The normalized spacial score (nSPS) is 6.15. The van der Waals surface area contributed by atoms with Crippen LogP contribution >= 0.6 is 0 Å². The van der Waals surface area contributed by atoms with Crippen molar-refractivity contribution in [3.05, 3.63) is 0 Å². The fourth-order valence-electron chi connectivity index (χ4n) is 0.273. The Balaban J connectivity index is -0.000000500. The van der Waals surface area contributed by atoms with Gasteiger partial charge in [0, 0.05) is 0 Å². The lowest BCUT2D eigenvalue weighted by Crippen LogP contribution is -2.07. The second kappa shape index (κ2) is 12.9. The maximum Gasteiger partial charge on any atom is 0.330 e. The van der Waals surface area contributed by atoms with Gasteiger partial charge in [-0.3, -0.25) is 0 Å². The van der Waals surface area contributed by atoms with Crippen molar-refractivity contribution in [3.8, 4) is 0 Å². The molecule has 6 nitrogen and oxygen atoms in total. The second-order valence-electron chi connectivity index (χ2n) is 1.30. The van der Waals surface area contributed by atoms with Crippen LogP contribution in [0.1, 0.15) is 14.9 Å². The van der Waals surface area contributed by atoms with Gasteiger partial charge >= 0.3 is 5.97 Å². The average molecular weight is 188 g/mol. The molecule has 0 saturated carbocycles. The molecule has 0 N–H and O–H groups in total. The Morgan fingerprint density at radius 3 is 2.15 bits per heavy atom. The van der Waals surface area contributed by atoms with Crippen LogP contribution < -0.4 is 0 Å². The van der Waals surface area contributed by atoms with Gasteiger partial charge in [-0.1, -0.05) is 14.9 Å². The molecule has 0 spiro atoms. The van der Waals surface area contributed by atoms with Gasteiger partial charge in [-0.2, -0.15) is 9.98 Å². The van der Waals surface area contributed by atoms with E-state index in [1.165, 1.54) is 6.08 Å². The van der Waals surface area contributed by atoms with Gasteiger partial charge in [-0.15, -0.1) is 0 Å². The predicted molar refractivity (Wildman–Crippen MR) is 45.5 cm³/mol. The van der Waals surface area contributed by atoms with Crippen molar-refractivity contribution in [1.82, 2.24) is 0 Å². The van der Waals surface area contributed by atoms with Crippen LogP contribution in [0, 0.1) is 0 Å². The summed E-state index contributed by atoms with van der Waals surface area (Å²) in [6, 6.07) is 0. The second-order valence-corrected chi connectivity index (χ2v) is 1.30. The molecular weight excluding hydrogens is 176 g/mol. The van der Waals surface area contributed by atoms with Gasteiger partial charge in [0.1, 0.15) is 6.54 Å². The third-order valence-corrected chi connectivity index (χ3v) is 0.627. The summed E-state index contributed by atoms with van der Waals surface area (Å²) < 4.78 is 4.24. The fourth-order valence-corrected chi connectivity index (χ4v) is 0.273. The van der Waals surface area contributed by atoms with Crippen molar-refractivity contribution in [3.63, 3.8) is 0 Å². The molecule has 0 amide bonds. The largest absolute Gasteiger partial charge is 0.440 e. The number of aliphatic imine (C=N–C) groups is 2. The lowest BCUT2D eigenvalue weighted by molar-refractivity contribution is -0.141. The Morgan fingerprint density at radius 1 is 1.15 bits per heavy atom. The molecule has 0 bridgehead atoms. The standard InChI is InChI=1S/C5H4N2O4.2CH4/c8-2-6-1-5(10)11-4-7-3-9;;/h1,4H2;2*1H4. The number of isocyanates is 2. The van der Waals surface area contributed by atoms with E-state index in [1.807, 2.05) is 0 Å². The molecule has 0 rings (SSSR count). The topological polar surface area (TPSA) is 85.2 Å². The van der Waals surface area contributed by atoms with Crippen molar-refractivity contribution < 1.29 is 19.1 Å². The SMILES string of the molecule is C.C.O=C=NCOC(=O)CN=C=O. The Labute approximate surface area is 76.3 Å². The van der Waals surface area contributed by atoms with E-state index in [4.69, 9.17) is 0 Å². The lowest BCUT2D eigenvalue weighted by Gasteiger charge is -1.93. The number of carbonyl (C=O) groups excluding carboxylic acids is 3. The molecule has 0 heterocycles. The first-order chi connectivity index (χ1) is 5.31. The lowest BCUT2D eigenvalue weighted by atomic mass is 10.7. The highest BCUT2D eigenvalue weighted by Crippen LogP contribution is 1.78. The van der Waals surface area contributed by atoms with Crippen LogP contribution in [0.4, 0.5) is 0 Å². The van der Waals surface area contributed by atoms with Gasteiger partial charge in [0.05, 0.1) is 0 Å². The molecule has 0 aromatic rings. The summed E-state index contributed by atoms with van der Waals surface area (Å²) in [5.41, 5.74) is 0. The number of carbonyl (C=O) groups is 1. The van der Waals surface area contributed by atoms with Crippen molar-refractivity contribution >= 4 is 18.1 Å². The van der Waals surface area contributed by atoms with Crippen LogP contribution in [0.5, 0.6) is 0 Å². The molecule has 0 atom stereocenters. The van der Waals surface area contributed by atoms with Gasteiger partial charge in [0.15, 0.2) is 6.73 Å². The third-order valence-electron chi connectivity index (χ3n) is 0.627. The molecule has 0 aliphatic carbocycles. The number of rotatable bonds is 4. The first-order valence-electron chi connectivity index (χ1n) is 2.54. The molecule has 0 aromatic heterocycles. The zero-order valence-corrected chi connectivity index (χ0v) is 5.44. The van der Waals surface area contributed by atoms with E-state index in [2.05, 4.69) is 14.7 Å². The van der Waals surface area contributed by atoms with Crippen LogP contribution in [-0.2, 0) is 19.1 Å². The summed E-state index contributed by atoms with van der Waals surface area (Å²) in [5, 5.41) is 0. The van der Waals surface area contributed by atoms with Crippen LogP contribution in [0.15, 0.2) is 9.98 Å². The Morgan fingerprint density at radius 2 is 1.69 bits per heavy atom. The Bertz CT molecular complexity index is 227. The molecule has 0 aliphatic rings. The van der Waals surface area contributed by atoms with Crippen LogP contribution in [0.25, 0.3) is 0 Å². The minimum Gasteiger partial charge on any atom is -0.440 e. The minimum absolute atomic E-state index is 0. The Hall–Kier alpha value is -1.77. The zero-order valence-electron chi connectivity index (χ0n) is 5.44. The van der Waals surface area contributed by atoms with Gasteiger partial charge in [0.25, 0.3) is 0 Å². The molecule has 0 aromatic carbocycles. The number of ether oxygens (including phenoxy) is 1. The van der Waals surface area contributed by atoms with E-state index >= 15 is 0 Å². The molecular formula is C7H12N2O4. The van der Waals surface area contributed by atoms with Gasteiger partial charge in [-0.05, 0) is 0 Å². The van der Waals surface area contributed by atoms with E-state index in [0.29, 0.717) is 0 Å². The molecule has 0 saturated heterocycles. The van der Waals surface area contributed by atoms with Gasteiger partial charge in [-0.25, -0.2) is 14.4 Å². The van der Waals surface area contributed by atoms with E-state index in [0.717, 1.165) is 6.08 Å². The smallest absolute Gasteiger partial charge is 0.330 e. The molecule has 0 fully saturated rings. The third kappa shape index (κ3) is 13.3. The molecule has 74 valence electrons. The molecule has 0 radical (unpaired) electrons. The van der Waals surface area contributed by atoms with Gasteiger partial charge in [0.2, 0.25) is 12.2 Å². The van der Waals surface area contributed by atoms with Crippen molar-refractivity contribution in [2.75, 3.05) is 13.3 Å². The zero-order chi connectivity index (χ0) is 8.53. The highest BCUT2D eigenvalue weighted by atomic mass is 16.5. The van der Waals surface area contributed by atoms with Crippen molar-refractivity contribution in [1.29, 1.82) is 0 Å². The Kier molecular flexibility index (Phi) is 17.2. The molecule has 0 unspecified atom stereocenters. The summed E-state index contributed by atoms with van der Waals surface area (Å²) in [5.74, 6) is -0.743. The summed E-state index contributed by atoms with van der Waals surface area (Å²) in [6.45, 7) is -0.797. The maximum absolute atomic E-state index is 10.4. The molecule has 13 heavy (non-hydrogen) atoms. The fraction of sp³-hybridized carbons (Fsp3) is 0.571. The summed E-state index contributed by atoms with van der Waals surface area (Å²) in [4.78, 5) is 35.1. The van der Waals surface area contributed by atoms with E-state index < -0.39 is 19.2 Å². The summed E-state index contributed by atoms with van der Waals surface area (Å²) in [7, 11) is 0. The highest BCUT2D eigenvalue weighted by Gasteiger charge is 1.97. The molecule has 6 heteroatoms. The van der Waals surface area contributed by atoms with E-state index in [9.17, 15) is 14.4 Å². The van der Waals surface area contributed by atoms with Gasteiger partial charge < -0.3 is 4.74 Å². The highest BCUT2D eigenvalue weighted by molar-refractivity contribution is 5.72. The quantitative estimate of drug-likeness (QED) is 0.363. The number of esters is 1. The number of nitrogens with zero attached hydrogens (tertiary/aromatic N) is 2. The van der Waals surface area contributed by atoms with E-state index in [1.54, 1.807) is 0 Å². The first-order valence-corrected chi connectivity index (χ1v) is 2.54. The minimum atomic E-state index is -0.743. The van der Waals surface area contributed by atoms with Crippen LogP contribution in [0.2, 0.25) is 0 Å². The first kappa shape index (κ1) is 17.4.